The maximum Gasteiger partial charge on any atom is 0.253 e. The van der Waals surface area contributed by atoms with Crippen LogP contribution in [0.15, 0.2) is 53.4 Å². The molecule has 1 fully saturated rings. The summed E-state index contributed by atoms with van der Waals surface area (Å²) in [6.07, 6.45) is 0. The molecule has 1 heterocycles. The van der Waals surface area contributed by atoms with Crippen LogP contribution in [0.2, 0.25) is 0 Å². The quantitative estimate of drug-likeness (QED) is 0.842. The van der Waals surface area contributed by atoms with E-state index < -0.39 is 15.8 Å². The lowest BCUT2D eigenvalue weighted by atomic mass is 10.1. The molecule has 0 spiro atoms. The van der Waals surface area contributed by atoms with E-state index in [1.807, 2.05) is 19.1 Å². The number of carbonyl (C=O) groups is 1. The van der Waals surface area contributed by atoms with Gasteiger partial charge in [-0.1, -0.05) is 17.7 Å². The maximum absolute atomic E-state index is 13.0. The predicted molar refractivity (Wildman–Crippen MR) is 92.2 cm³/mol. The lowest BCUT2D eigenvalue weighted by Gasteiger charge is -2.34. The standard InChI is InChI=1S/C18H19FN2O3S/c1-14-2-4-15(5-3-14)18(22)20-10-12-21(13-11-20)25(23,24)17-8-6-16(19)7-9-17/h2-9H,10-13H2,1H3. The number of amides is 1. The fraction of sp³-hybridized carbons (Fsp3) is 0.278. The molecule has 0 N–H and O–H groups in total. The topological polar surface area (TPSA) is 57.7 Å². The number of carbonyl (C=O) groups excluding carboxylic acids is 1. The molecule has 0 radical (unpaired) electrons. The lowest BCUT2D eigenvalue weighted by Crippen LogP contribution is -2.50. The fourth-order valence-electron chi connectivity index (χ4n) is 2.77. The molecule has 0 saturated carbocycles. The molecule has 1 amide bonds. The summed E-state index contributed by atoms with van der Waals surface area (Å²) in [4.78, 5) is 14.2. The van der Waals surface area contributed by atoms with Crippen LogP contribution >= 0.6 is 0 Å². The van der Waals surface area contributed by atoms with Gasteiger partial charge in [0, 0.05) is 31.7 Å². The number of piperazine rings is 1. The van der Waals surface area contributed by atoms with Crippen molar-refractivity contribution in [1.29, 1.82) is 0 Å². The first-order valence-electron chi connectivity index (χ1n) is 7.99. The van der Waals surface area contributed by atoms with E-state index in [-0.39, 0.29) is 23.9 Å². The van der Waals surface area contributed by atoms with Crippen LogP contribution in [0.3, 0.4) is 0 Å². The van der Waals surface area contributed by atoms with Crippen molar-refractivity contribution < 1.29 is 17.6 Å². The second-order valence-electron chi connectivity index (χ2n) is 6.02. The molecule has 1 aliphatic heterocycles. The average Bonchev–Trinajstić information content (AvgIpc) is 2.62. The Bertz CT molecular complexity index is 856. The van der Waals surface area contributed by atoms with Gasteiger partial charge < -0.3 is 4.90 Å². The molecule has 2 aromatic rings. The second kappa shape index (κ2) is 6.93. The Hall–Kier alpha value is -2.25. The van der Waals surface area contributed by atoms with Gasteiger partial charge in [0.2, 0.25) is 10.0 Å². The highest BCUT2D eigenvalue weighted by Gasteiger charge is 2.30. The summed E-state index contributed by atoms with van der Waals surface area (Å²) in [6.45, 7) is 3.04. The van der Waals surface area contributed by atoms with Gasteiger partial charge in [-0.3, -0.25) is 4.79 Å². The third-order valence-electron chi connectivity index (χ3n) is 4.28. The normalized spacial score (nSPS) is 16.0. The molecule has 2 aromatic carbocycles. The summed E-state index contributed by atoms with van der Waals surface area (Å²) in [5.41, 5.74) is 1.67. The minimum Gasteiger partial charge on any atom is -0.336 e. The highest BCUT2D eigenvalue weighted by molar-refractivity contribution is 7.89. The zero-order chi connectivity index (χ0) is 18.0. The average molecular weight is 362 g/mol. The third-order valence-corrected chi connectivity index (χ3v) is 6.19. The summed E-state index contributed by atoms with van der Waals surface area (Å²) < 4.78 is 39.5. The number of nitrogens with zero attached hydrogens (tertiary/aromatic N) is 2. The van der Waals surface area contributed by atoms with Gasteiger partial charge >= 0.3 is 0 Å². The van der Waals surface area contributed by atoms with Gasteiger partial charge in [-0.05, 0) is 43.3 Å². The summed E-state index contributed by atoms with van der Waals surface area (Å²) in [6, 6.07) is 12.1. The first kappa shape index (κ1) is 17.6. The molecule has 5 nitrogen and oxygen atoms in total. The summed E-state index contributed by atoms with van der Waals surface area (Å²) in [7, 11) is -3.67. The van der Waals surface area contributed by atoms with E-state index in [1.54, 1.807) is 17.0 Å². The van der Waals surface area contributed by atoms with Crippen LogP contribution < -0.4 is 0 Å². The van der Waals surface area contributed by atoms with Gasteiger partial charge in [0.15, 0.2) is 0 Å². The van der Waals surface area contributed by atoms with Crippen LogP contribution in [0, 0.1) is 12.7 Å². The first-order valence-corrected chi connectivity index (χ1v) is 9.43. The highest BCUT2D eigenvalue weighted by Crippen LogP contribution is 2.19. The van der Waals surface area contributed by atoms with Crippen LogP contribution in [-0.2, 0) is 10.0 Å². The highest BCUT2D eigenvalue weighted by atomic mass is 32.2. The van der Waals surface area contributed by atoms with Crippen molar-refractivity contribution >= 4 is 15.9 Å². The van der Waals surface area contributed by atoms with E-state index in [1.165, 1.54) is 16.4 Å². The number of rotatable bonds is 3. The fourth-order valence-corrected chi connectivity index (χ4v) is 4.19. The largest absolute Gasteiger partial charge is 0.336 e. The Morgan fingerprint density at radius 1 is 0.920 bits per heavy atom. The second-order valence-corrected chi connectivity index (χ2v) is 7.95. The van der Waals surface area contributed by atoms with Crippen LogP contribution in [0.4, 0.5) is 4.39 Å². The van der Waals surface area contributed by atoms with Gasteiger partial charge in [0.05, 0.1) is 4.90 Å². The Labute approximate surface area is 146 Å². The van der Waals surface area contributed by atoms with Crippen LogP contribution in [0.1, 0.15) is 15.9 Å². The smallest absolute Gasteiger partial charge is 0.253 e. The summed E-state index contributed by atoms with van der Waals surface area (Å²) in [5, 5.41) is 0. The van der Waals surface area contributed by atoms with Gasteiger partial charge in [-0.2, -0.15) is 4.31 Å². The Morgan fingerprint density at radius 2 is 1.48 bits per heavy atom. The lowest BCUT2D eigenvalue weighted by molar-refractivity contribution is 0.0698. The molecule has 0 unspecified atom stereocenters. The van der Waals surface area contributed by atoms with Crippen LogP contribution in [0.25, 0.3) is 0 Å². The number of halogens is 1. The van der Waals surface area contributed by atoms with Crippen molar-refractivity contribution in [3.63, 3.8) is 0 Å². The van der Waals surface area contributed by atoms with E-state index in [0.29, 0.717) is 18.7 Å². The number of hydrogen-bond donors (Lipinski definition) is 0. The molecule has 0 aliphatic carbocycles. The van der Waals surface area contributed by atoms with E-state index in [2.05, 4.69) is 0 Å². The maximum atomic E-state index is 13.0. The zero-order valence-electron chi connectivity index (χ0n) is 13.9. The van der Waals surface area contributed by atoms with Crippen LogP contribution in [-0.4, -0.2) is 49.7 Å². The van der Waals surface area contributed by atoms with Crippen LogP contribution in [0.5, 0.6) is 0 Å². The monoisotopic (exact) mass is 362 g/mol. The van der Waals surface area contributed by atoms with Crippen molar-refractivity contribution in [2.45, 2.75) is 11.8 Å². The molecule has 0 bridgehead atoms. The SMILES string of the molecule is Cc1ccc(C(=O)N2CCN(S(=O)(=O)c3ccc(F)cc3)CC2)cc1. The van der Waals surface area contributed by atoms with Gasteiger partial charge in [0.1, 0.15) is 5.82 Å². The van der Waals surface area contributed by atoms with Crippen molar-refractivity contribution in [3.8, 4) is 0 Å². The van der Waals surface area contributed by atoms with E-state index in [0.717, 1.165) is 17.7 Å². The molecule has 25 heavy (non-hydrogen) atoms. The Balaban J connectivity index is 1.68. The zero-order valence-corrected chi connectivity index (χ0v) is 14.7. The van der Waals surface area contributed by atoms with Crippen molar-refractivity contribution in [2.75, 3.05) is 26.2 Å². The van der Waals surface area contributed by atoms with E-state index in [4.69, 9.17) is 0 Å². The molecular formula is C18H19FN2O3S. The Kier molecular flexibility index (Phi) is 4.87. The molecular weight excluding hydrogens is 343 g/mol. The summed E-state index contributed by atoms with van der Waals surface area (Å²) in [5.74, 6) is -0.578. The van der Waals surface area contributed by atoms with Crippen molar-refractivity contribution in [1.82, 2.24) is 9.21 Å². The number of benzene rings is 2. The third kappa shape index (κ3) is 3.72. The number of sulfonamides is 1. The molecule has 0 atom stereocenters. The van der Waals surface area contributed by atoms with Gasteiger partial charge in [0.25, 0.3) is 5.91 Å². The molecule has 3 rings (SSSR count). The van der Waals surface area contributed by atoms with Gasteiger partial charge in [-0.15, -0.1) is 0 Å². The summed E-state index contributed by atoms with van der Waals surface area (Å²) >= 11 is 0. The molecule has 7 heteroatoms. The van der Waals surface area contributed by atoms with Gasteiger partial charge in [-0.25, -0.2) is 12.8 Å². The predicted octanol–water partition coefficient (Wildman–Crippen LogP) is 2.28. The van der Waals surface area contributed by atoms with Crippen molar-refractivity contribution in [3.05, 3.63) is 65.5 Å². The van der Waals surface area contributed by atoms with E-state index in [9.17, 15) is 17.6 Å². The minimum absolute atomic E-state index is 0.0622. The molecule has 1 aliphatic rings. The Morgan fingerprint density at radius 3 is 2.04 bits per heavy atom. The minimum atomic E-state index is -3.67. The first-order chi connectivity index (χ1) is 11.9. The number of aryl methyl sites for hydroxylation is 1. The molecule has 0 aromatic heterocycles. The number of hydrogen-bond acceptors (Lipinski definition) is 3. The molecule has 1 saturated heterocycles. The van der Waals surface area contributed by atoms with E-state index >= 15 is 0 Å². The van der Waals surface area contributed by atoms with Crippen molar-refractivity contribution in [2.24, 2.45) is 0 Å². The molecule has 132 valence electrons.